The van der Waals surface area contributed by atoms with Gasteiger partial charge in [0.05, 0.1) is 4.99 Å². The van der Waals surface area contributed by atoms with Gasteiger partial charge in [-0.3, -0.25) is 0 Å². The summed E-state index contributed by atoms with van der Waals surface area (Å²) in [5.41, 5.74) is 0. The molecule has 1 saturated heterocycles. The van der Waals surface area contributed by atoms with Crippen molar-refractivity contribution in [2.45, 2.75) is 13.0 Å². The van der Waals surface area contributed by atoms with E-state index in [0.717, 1.165) is 0 Å². The second-order valence-electron chi connectivity index (χ2n) is 2.57. The summed E-state index contributed by atoms with van der Waals surface area (Å²) >= 11 is 4.77. The molecule has 3 N–H and O–H groups in total. The van der Waals surface area contributed by atoms with Gasteiger partial charge in [0.1, 0.15) is 6.04 Å². The van der Waals surface area contributed by atoms with Crippen molar-refractivity contribution in [3.63, 3.8) is 0 Å². The SMILES string of the molecule is C[C@@H]1C(=S)NC(=O)N[C@@H]1C(=O)O. The zero-order valence-corrected chi connectivity index (χ0v) is 7.14. The van der Waals surface area contributed by atoms with E-state index < -0.39 is 18.0 Å². The van der Waals surface area contributed by atoms with Crippen LogP contribution in [-0.4, -0.2) is 28.1 Å². The topological polar surface area (TPSA) is 78.4 Å². The second-order valence-corrected chi connectivity index (χ2v) is 3.01. The normalized spacial score (nSPS) is 29.1. The zero-order chi connectivity index (χ0) is 9.30. The van der Waals surface area contributed by atoms with Crippen LogP contribution in [0, 0.1) is 5.92 Å². The average Bonchev–Trinajstić information content (AvgIpc) is 1.96. The molecule has 1 fully saturated rings. The molecule has 66 valence electrons. The molecule has 0 radical (unpaired) electrons. The molecule has 6 heteroatoms. The molecule has 1 aliphatic heterocycles. The van der Waals surface area contributed by atoms with Crippen molar-refractivity contribution in [2.24, 2.45) is 5.92 Å². The first-order valence-electron chi connectivity index (χ1n) is 3.36. The summed E-state index contributed by atoms with van der Waals surface area (Å²) in [6.07, 6.45) is 0. The lowest BCUT2D eigenvalue weighted by Gasteiger charge is -2.27. The molecule has 0 saturated carbocycles. The summed E-state index contributed by atoms with van der Waals surface area (Å²) in [7, 11) is 0. The number of rotatable bonds is 1. The summed E-state index contributed by atoms with van der Waals surface area (Å²) in [4.78, 5) is 21.6. The van der Waals surface area contributed by atoms with Crippen molar-refractivity contribution in [3.8, 4) is 0 Å². The van der Waals surface area contributed by atoms with E-state index in [2.05, 4.69) is 10.6 Å². The van der Waals surface area contributed by atoms with Crippen molar-refractivity contribution in [1.82, 2.24) is 10.6 Å². The lowest BCUT2D eigenvalue weighted by molar-refractivity contribution is -0.140. The van der Waals surface area contributed by atoms with Gasteiger partial charge in [-0.25, -0.2) is 9.59 Å². The van der Waals surface area contributed by atoms with Crippen molar-refractivity contribution in [3.05, 3.63) is 0 Å². The average molecular weight is 188 g/mol. The van der Waals surface area contributed by atoms with Gasteiger partial charge in [-0.2, -0.15) is 0 Å². The largest absolute Gasteiger partial charge is 0.480 e. The highest BCUT2D eigenvalue weighted by Gasteiger charge is 2.34. The summed E-state index contributed by atoms with van der Waals surface area (Å²) in [5.74, 6) is -1.44. The number of urea groups is 1. The highest BCUT2D eigenvalue weighted by atomic mass is 32.1. The Bertz CT molecular complexity index is 253. The highest BCUT2D eigenvalue weighted by molar-refractivity contribution is 7.80. The monoisotopic (exact) mass is 188 g/mol. The van der Waals surface area contributed by atoms with E-state index in [1.54, 1.807) is 6.92 Å². The first-order valence-corrected chi connectivity index (χ1v) is 3.77. The Morgan fingerprint density at radius 1 is 1.67 bits per heavy atom. The van der Waals surface area contributed by atoms with E-state index in [1.165, 1.54) is 0 Å². The number of nitrogens with one attached hydrogen (secondary N) is 2. The maximum absolute atomic E-state index is 10.8. The minimum atomic E-state index is -1.07. The molecule has 0 bridgehead atoms. The highest BCUT2D eigenvalue weighted by Crippen LogP contribution is 2.08. The quantitative estimate of drug-likeness (QED) is 0.494. The van der Waals surface area contributed by atoms with Crippen molar-refractivity contribution < 1.29 is 14.7 Å². The number of hydrogen-bond donors (Lipinski definition) is 3. The van der Waals surface area contributed by atoms with Crippen molar-refractivity contribution in [1.29, 1.82) is 0 Å². The van der Waals surface area contributed by atoms with Gasteiger partial charge < -0.3 is 15.7 Å². The van der Waals surface area contributed by atoms with Gasteiger partial charge in [-0.05, 0) is 0 Å². The van der Waals surface area contributed by atoms with Gasteiger partial charge in [0.15, 0.2) is 0 Å². The van der Waals surface area contributed by atoms with Gasteiger partial charge in [-0.15, -0.1) is 0 Å². The molecule has 1 heterocycles. The third kappa shape index (κ3) is 1.53. The van der Waals surface area contributed by atoms with Gasteiger partial charge in [-0.1, -0.05) is 19.1 Å². The Morgan fingerprint density at radius 3 is 2.75 bits per heavy atom. The number of carbonyl (C=O) groups excluding carboxylic acids is 1. The van der Waals surface area contributed by atoms with Gasteiger partial charge in [0.25, 0.3) is 0 Å². The molecule has 0 unspecified atom stereocenters. The van der Waals surface area contributed by atoms with Crippen LogP contribution in [-0.2, 0) is 4.79 Å². The Labute approximate surface area is 74.1 Å². The molecule has 2 amide bonds. The van der Waals surface area contributed by atoms with Crippen LogP contribution in [0.1, 0.15) is 6.92 Å². The number of aliphatic carboxylic acids is 1. The molecule has 0 aliphatic carbocycles. The van der Waals surface area contributed by atoms with Crippen LogP contribution < -0.4 is 10.6 Å². The van der Waals surface area contributed by atoms with Gasteiger partial charge in [0, 0.05) is 5.92 Å². The van der Waals surface area contributed by atoms with E-state index in [4.69, 9.17) is 17.3 Å². The van der Waals surface area contributed by atoms with Gasteiger partial charge >= 0.3 is 12.0 Å². The van der Waals surface area contributed by atoms with Crippen LogP contribution in [0.3, 0.4) is 0 Å². The standard InChI is InChI=1S/C6H8N2O3S/c1-2-3(5(9)10)7-6(11)8-4(2)12/h2-3H,1H3,(H,9,10)(H2,7,8,11,12)/t2-,3-/m0/s1. The van der Waals surface area contributed by atoms with E-state index >= 15 is 0 Å². The molecule has 0 aromatic heterocycles. The van der Waals surface area contributed by atoms with E-state index in [9.17, 15) is 9.59 Å². The van der Waals surface area contributed by atoms with Gasteiger partial charge in [0.2, 0.25) is 0 Å². The Kier molecular flexibility index (Phi) is 2.27. The number of hydrogen-bond acceptors (Lipinski definition) is 3. The summed E-state index contributed by atoms with van der Waals surface area (Å²) < 4.78 is 0. The Balaban J connectivity index is 2.79. The molecule has 0 aromatic carbocycles. The fraction of sp³-hybridized carbons (Fsp3) is 0.500. The minimum Gasteiger partial charge on any atom is -0.480 e. The smallest absolute Gasteiger partial charge is 0.326 e. The van der Waals surface area contributed by atoms with Crippen LogP contribution in [0.2, 0.25) is 0 Å². The van der Waals surface area contributed by atoms with Crippen LogP contribution in [0.15, 0.2) is 0 Å². The van der Waals surface area contributed by atoms with Crippen molar-refractivity contribution >= 4 is 29.2 Å². The van der Waals surface area contributed by atoms with Crippen LogP contribution in [0.4, 0.5) is 4.79 Å². The maximum atomic E-state index is 10.8. The molecule has 0 spiro atoms. The molecule has 0 aromatic rings. The van der Waals surface area contributed by atoms with Crippen LogP contribution in [0.5, 0.6) is 0 Å². The fourth-order valence-electron chi connectivity index (χ4n) is 0.955. The molecule has 12 heavy (non-hydrogen) atoms. The van der Waals surface area contributed by atoms with Crippen LogP contribution >= 0.6 is 12.2 Å². The van der Waals surface area contributed by atoms with E-state index in [1.807, 2.05) is 0 Å². The molecule has 1 rings (SSSR count). The minimum absolute atomic E-state index is 0.270. The number of amides is 2. The molecule has 1 aliphatic rings. The molecule has 2 atom stereocenters. The summed E-state index contributed by atoms with van der Waals surface area (Å²) in [6.45, 7) is 1.65. The third-order valence-electron chi connectivity index (χ3n) is 1.70. The lowest BCUT2D eigenvalue weighted by atomic mass is 10.0. The second kappa shape index (κ2) is 3.06. The molecular weight excluding hydrogens is 180 g/mol. The predicted octanol–water partition coefficient (Wildman–Crippen LogP) is -0.284. The lowest BCUT2D eigenvalue weighted by Crippen LogP contribution is -2.59. The summed E-state index contributed by atoms with van der Waals surface area (Å²) in [6, 6.07) is -1.46. The Hall–Kier alpha value is -1.17. The Morgan fingerprint density at radius 2 is 2.25 bits per heavy atom. The van der Waals surface area contributed by atoms with Crippen molar-refractivity contribution in [2.75, 3.05) is 0 Å². The summed E-state index contributed by atoms with van der Waals surface area (Å²) in [5, 5.41) is 13.2. The third-order valence-corrected chi connectivity index (χ3v) is 2.18. The van der Waals surface area contributed by atoms with E-state index in [-0.39, 0.29) is 10.9 Å². The number of carboxylic acid groups (broad SMARTS) is 1. The number of carbonyl (C=O) groups is 2. The number of carboxylic acids is 1. The van der Waals surface area contributed by atoms with Crippen LogP contribution in [0.25, 0.3) is 0 Å². The predicted molar refractivity (Wildman–Crippen MR) is 44.9 cm³/mol. The zero-order valence-electron chi connectivity index (χ0n) is 6.33. The fourth-order valence-corrected chi connectivity index (χ4v) is 1.18. The van der Waals surface area contributed by atoms with E-state index in [0.29, 0.717) is 0 Å². The first-order chi connectivity index (χ1) is 5.52. The number of thiocarbonyl (C=S) groups is 1. The maximum Gasteiger partial charge on any atom is 0.326 e. The molecule has 5 nitrogen and oxygen atoms in total. The molecular formula is C6H8N2O3S. The first kappa shape index (κ1) is 8.92.